The molecule has 0 atom stereocenters. The first-order chi connectivity index (χ1) is 8.25. The average molecular weight is 254 g/mol. The third kappa shape index (κ3) is 3.54. The van der Waals surface area contributed by atoms with Gasteiger partial charge in [-0.3, -0.25) is 0 Å². The summed E-state index contributed by atoms with van der Waals surface area (Å²) in [4.78, 5) is 7.11. The van der Waals surface area contributed by atoms with E-state index in [1.165, 1.54) is 6.07 Å². The summed E-state index contributed by atoms with van der Waals surface area (Å²) in [5.41, 5.74) is 0.619. The van der Waals surface area contributed by atoms with Gasteiger partial charge in [-0.05, 0) is 12.1 Å². The predicted octanol–water partition coefficient (Wildman–Crippen LogP) is 2.53. The van der Waals surface area contributed by atoms with Crippen LogP contribution in [0.25, 0.3) is 0 Å². The lowest BCUT2D eigenvalue weighted by Crippen LogP contribution is -2.17. The molecule has 2 rings (SSSR count). The van der Waals surface area contributed by atoms with Crippen LogP contribution in [0, 0.1) is 5.82 Å². The molecule has 0 aliphatic rings. The summed E-state index contributed by atoms with van der Waals surface area (Å²) >= 11 is 5.67. The van der Waals surface area contributed by atoms with Crippen LogP contribution in [-0.4, -0.2) is 16.5 Å². The minimum Gasteiger partial charge on any atom is -0.349 e. The Kier molecular flexibility index (Phi) is 4.12. The van der Waals surface area contributed by atoms with E-state index in [-0.39, 0.29) is 5.82 Å². The fourth-order valence-corrected chi connectivity index (χ4v) is 1.69. The van der Waals surface area contributed by atoms with Gasteiger partial charge in [0.15, 0.2) is 0 Å². The van der Waals surface area contributed by atoms with E-state index < -0.39 is 0 Å². The monoisotopic (exact) mass is 253 g/mol. The molecule has 5 heteroatoms. The molecule has 0 bridgehead atoms. The highest BCUT2D eigenvalue weighted by Crippen LogP contribution is 2.14. The van der Waals surface area contributed by atoms with E-state index in [1.807, 2.05) is 0 Å². The number of imidazole rings is 1. The standard InChI is InChI=1S/C12H13ClFN3/c13-10-2-1-9(11(14)7-10)8-15-4-3-12-16-5-6-17-12/h1-2,5-7,15H,3-4,8H2,(H,16,17). The van der Waals surface area contributed by atoms with Crippen LogP contribution in [0.5, 0.6) is 0 Å². The van der Waals surface area contributed by atoms with Crippen molar-refractivity contribution in [2.24, 2.45) is 0 Å². The third-order valence-electron chi connectivity index (χ3n) is 2.42. The Hall–Kier alpha value is -1.39. The molecule has 0 unspecified atom stereocenters. The largest absolute Gasteiger partial charge is 0.349 e. The van der Waals surface area contributed by atoms with Crippen LogP contribution in [0.1, 0.15) is 11.4 Å². The summed E-state index contributed by atoms with van der Waals surface area (Å²) < 4.78 is 13.4. The van der Waals surface area contributed by atoms with Crippen LogP contribution in [0.3, 0.4) is 0 Å². The normalized spacial score (nSPS) is 10.7. The van der Waals surface area contributed by atoms with Gasteiger partial charge in [0.05, 0.1) is 0 Å². The van der Waals surface area contributed by atoms with Gasteiger partial charge in [-0.2, -0.15) is 0 Å². The van der Waals surface area contributed by atoms with Crippen LogP contribution in [0.2, 0.25) is 5.02 Å². The molecule has 0 amide bonds. The Balaban J connectivity index is 1.78. The second-order valence-corrected chi connectivity index (χ2v) is 4.13. The maximum Gasteiger partial charge on any atom is 0.129 e. The summed E-state index contributed by atoms with van der Waals surface area (Å²) in [6.07, 6.45) is 4.30. The molecule has 90 valence electrons. The first kappa shape index (κ1) is 12.1. The highest BCUT2D eigenvalue weighted by atomic mass is 35.5. The van der Waals surface area contributed by atoms with Gasteiger partial charge >= 0.3 is 0 Å². The van der Waals surface area contributed by atoms with Gasteiger partial charge in [0.1, 0.15) is 11.6 Å². The zero-order valence-corrected chi connectivity index (χ0v) is 9.97. The summed E-state index contributed by atoms with van der Waals surface area (Å²) in [5, 5.41) is 3.58. The number of aromatic amines is 1. The van der Waals surface area contributed by atoms with Crippen molar-refractivity contribution in [3.63, 3.8) is 0 Å². The summed E-state index contributed by atoms with van der Waals surface area (Å²) in [6, 6.07) is 4.71. The van der Waals surface area contributed by atoms with E-state index in [0.717, 1.165) is 18.8 Å². The topological polar surface area (TPSA) is 40.7 Å². The number of rotatable bonds is 5. The third-order valence-corrected chi connectivity index (χ3v) is 2.66. The maximum absolute atomic E-state index is 13.4. The number of benzene rings is 1. The molecule has 3 nitrogen and oxygen atoms in total. The highest BCUT2D eigenvalue weighted by Gasteiger charge is 2.02. The molecule has 0 radical (unpaired) electrons. The van der Waals surface area contributed by atoms with Gasteiger partial charge < -0.3 is 10.3 Å². The van der Waals surface area contributed by atoms with Crippen molar-refractivity contribution in [1.29, 1.82) is 0 Å². The Labute approximate surface area is 104 Å². The number of halogens is 2. The van der Waals surface area contributed by atoms with E-state index in [9.17, 15) is 4.39 Å². The zero-order chi connectivity index (χ0) is 12.1. The molecule has 0 saturated carbocycles. The van der Waals surface area contributed by atoms with E-state index >= 15 is 0 Å². The van der Waals surface area contributed by atoms with E-state index in [1.54, 1.807) is 24.5 Å². The number of hydrogen-bond acceptors (Lipinski definition) is 2. The fraction of sp³-hybridized carbons (Fsp3) is 0.250. The molecule has 2 aromatic rings. The van der Waals surface area contributed by atoms with Crippen LogP contribution >= 0.6 is 11.6 Å². The molecule has 0 aliphatic carbocycles. The van der Waals surface area contributed by atoms with Crippen molar-refractivity contribution in [1.82, 2.24) is 15.3 Å². The van der Waals surface area contributed by atoms with Gasteiger partial charge in [-0.1, -0.05) is 17.7 Å². The van der Waals surface area contributed by atoms with Crippen molar-refractivity contribution in [3.05, 3.63) is 52.8 Å². The Morgan fingerprint density at radius 1 is 1.41 bits per heavy atom. The SMILES string of the molecule is Fc1cc(Cl)ccc1CNCCc1ncc[nH]1. The minimum atomic E-state index is -0.275. The summed E-state index contributed by atoms with van der Waals surface area (Å²) in [6.45, 7) is 1.24. The fourth-order valence-electron chi connectivity index (χ4n) is 1.53. The molecule has 17 heavy (non-hydrogen) atoms. The van der Waals surface area contributed by atoms with Crippen molar-refractivity contribution >= 4 is 11.6 Å². The molecular weight excluding hydrogens is 241 g/mol. The molecule has 1 aromatic carbocycles. The number of H-pyrrole nitrogens is 1. The Bertz CT molecular complexity index is 471. The first-order valence-electron chi connectivity index (χ1n) is 5.38. The summed E-state index contributed by atoms with van der Waals surface area (Å²) in [7, 11) is 0. The lowest BCUT2D eigenvalue weighted by atomic mass is 10.2. The van der Waals surface area contributed by atoms with Crippen LogP contribution in [0.4, 0.5) is 4.39 Å². The van der Waals surface area contributed by atoms with Crippen LogP contribution < -0.4 is 5.32 Å². The molecule has 2 N–H and O–H groups in total. The Morgan fingerprint density at radius 2 is 2.29 bits per heavy atom. The zero-order valence-electron chi connectivity index (χ0n) is 9.21. The van der Waals surface area contributed by atoms with E-state index in [4.69, 9.17) is 11.6 Å². The molecule has 0 aliphatic heterocycles. The van der Waals surface area contributed by atoms with Crippen LogP contribution in [0.15, 0.2) is 30.6 Å². The quantitative estimate of drug-likeness (QED) is 0.804. The number of nitrogens with zero attached hydrogens (tertiary/aromatic N) is 1. The van der Waals surface area contributed by atoms with Crippen molar-refractivity contribution in [3.8, 4) is 0 Å². The van der Waals surface area contributed by atoms with Crippen LogP contribution in [-0.2, 0) is 13.0 Å². The van der Waals surface area contributed by atoms with Crippen molar-refractivity contribution < 1.29 is 4.39 Å². The minimum absolute atomic E-state index is 0.275. The molecular formula is C12H13ClFN3. The maximum atomic E-state index is 13.4. The smallest absolute Gasteiger partial charge is 0.129 e. The second-order valence-electron chi connectivity index (χ2n) is 3.70. The lowest BCUT2D eigenvalue weighted by molar-refractivity contribution is 0.587. The van der Waals surface area contributed by atoms with Crippen molar-refractivity contribution in [2.75, 3.05) is 6.54 Å². The number of hydrogen-bond donors (Lipinski definition) is 2. The molecule has 1 heterocycles. The Morgan fingerprint density at radius 3 is 3.00 bits per heavy atom. The van der Waals surface area contributed by atoms with Crippen molar-refractivity contribution in [2.45, 2.75) is 13.0 Å². The predicted molar refractivity (Wildman–Crippen MR) is 65.4 cm³/mol. The van der Waals surface area contributed by atoms with Gasteiger partial charge in [0.2, 0.25) is 0 Å². The first-order valence-corrected chi connectivity index (χ1v) is 5.76. The lowest BCUT2D eigenvalue weighted by Gasteiger charge is -2.05. The second kappa shape index (κ2) is 5.80. The van der Waals surface area contributed by atoms with Gasteiger partial charge in [-0.25, -0.2) is 9.37 Å². The molecule has 0 fully saturated rings. The van der Waals surface area contributed by atoms with E-state index in [2.05, 4.69) is 15.3 Å². The van der Waals surface area contributed by atoms with Gasteiger partial charge in [0, 0.05) is 42.5 Å². The van der Waals surface area contributed by atoms with Gasteiger partial charge in [0.25, 0.3) is 0 Å². The molecule has 0 saturated heterocycles. The van der Waals surface area contributed by atoms with Gasteiger partial charge in [-0.15, -0.1) is 0 Å². The highest BCUT2D eigenvalue weighted by molar-refractivity contribution is 6.30. The van der Waals surface area contributed by atoms with E-state index in [0.29, 0.717) is 17.1 Å². The summed E-state index contributed by atoms with van der Waals surface area (Å²) in [5.74, 6) is 0.650. The average Bonchev–Trinajstić information content (AvgIpc) is 2.79. The molecule has 1 aromatic heterocycles. The number of nitrogens with one attached hydrogen (secondary N) is 2. The number of aromatic nitrogens is 2. The molecule has 0 spiro atoms.